The van der Waals surface area contributed by atoms with E-state index in [2.05, 4.69) is 0 Å². The highest BCUT2D eigenvalue weighted by molar-refractivity contribution is 5.86. The monoisotopic (exact) mass is 246 g/mol. The van der Waals surface area contributed by atoms with Crippen LogP contribution in [0.2, 0.25) is 0 Å². The van der Waals surface area contributed by atoms with Crippen LogP contribution >= 0.6 is 0 Å². The van der Waals surface area contributed by atoms with E-state index in [0.717, 1.165) is 11.1 Å². The van der Waals surface area contributed by atoms with Crippen molar-refractivity contribution in [3.05, 3.63) is 35.1 Å². The van der Waals surface area contributed by atoms with E-state index in [0.29, 0.717) is 24.0 Å². The summed E-state index contributed by atoms with van der Waals surface area (Å²) in [7, 11) is 0. The van der Waals surface area contributed by atoms with Gasteiger partial charge >= 0.3 is 0 Å². The molecule has 1 nitrogen and oxygen atoms in total. The average Bonchev–Trinajstić information content (AvgIpc) is 3.08. The van der Waals surface area contributed by atoms with Crippen molar-refractivity contribution in [2.75, 3.05) is 0 Å². The Labute approximate surface area is 107 Å². The first-order valence-corrected chi connectivity index (χ1v) is 6.94. The van der Waals surface area contributed by atoms with Gasteiger partial charge < -0.3 is 0 Å². The summed E-state index contributed by atoms with van der Waals surface area (Å²) in [5.74, 6) is 1.69. The van der Waals surface area contributed by atoms with Crippen LogP contribution < -0.4 is 0 Å². The van der Waals surface area contributed by atoms with Crippen LogP contribution in [0.1, 0.15) is 36.8 Å². The number of hydrogen-bond donors (Lipinski definition) is 0. The van der Waals surface area contributed by atoms with Crippen LogP contribution in [0.15, 0.2) is 18.2 Å². The molecule has 2 fully saturated rings. The number of carbonyl (C=O) groups is 1. The number of benzene rings is 1. The summed E-state index contributed by atoms with van der Waals surface area (Å²) in [6.07, 6.45) is 5.43. The van der Waals surface area contributed by atoms with E-state index >= 15 is 0 Å². The molecule has 0 heterocycles. The van der Waals surface area contributed by atoms with Crippen molar-refractivity contribution in [3.63, 3.8) is 0 Å². The predicted molar refractivity (Wildman–Crippen MR) is 68.8 cm³/mol. The molecule has 2 aliphatic carbocycles. The highest BCUT2D eigenvalue weighted by atomic mass is 19.1. The molecular weight excluding hydrogens is 227 g/mol. The minimum Gasteiger partial charge on any atom is -0.299 e. The summed E-state index contributed by atoms with van der Waals surface area (Å²) in [5.41, 5.74) is 1.89. The van der Waals surface area contributed by atoms with E-state index in [-0.39, 0.29) is 11.7 Å². The number of halogens is 1. The Morgan fingerprint density at radius 2 is 1.94 bits per heavy atom. The molecule has 1 aromatic rings. The van der Waals surface area contributed by atoms with Crippen LogP contribution in [0.4, 0.5) is 4.39 Å². The van der Waals surface area contributed by atoms with Crippen molar-refractivity contribution in [2.24, 2.45) is 17.8 Å². The topological polar surface area (TPSA) is 17.1 Å². The minimum absolute atomic E-state index is 0.239. The summed E-state index contributed by atoms with van der Waals surface area (Å²) in [6, 6.07) is 4.73. The molecule has 0 aliphatic heterocycles. The molecule has 2 unspecified atom stereocenters. The molecule has 2 saturated carbocycles. The molecule has 3 rings (SSSR count). The summed E-state index contributed by atoms with van der Waals surface area (Å²) in [6.45, 7) is 1.95. The van der Waals surface area contributed by atoms with Gasteiger partial charge in [0.15, 0.2) is 0 Å². The maximum absolute atomic E-state index is 13.2. The summed E-state index contributed by atoms with van der Waals surface area (Å²) in [4.78, 5) is 12.3. The number of hydrogen-bond acceptors (Lipinski definition) is 1. The number of aryl methyl sites for hydroxylation is 1. The molecule has 1 aromatic carbocycles. The zero-order valence-electron chi connectivity index (χ0n) is 10.8. The lowest BCUT2D eigenvalue weighted by Gasteiger charge is -2.05. The van der Waals surface area contributed by atoms with Crippen LogP contribution in [0.3, 0.4) is 0 Å². The lowest BCUT2D eigenvalue weighted by molar-refractivity contribution is -0.120. The third kappa shape index (κ3) is 2.09. The molecule has 0 radical (unpaired) electrons. The first kappa shape index (κ1) is 11.9. The molecular formula is C16H19FO. The summed E-state index contributed by atoms with van der Waals surface area (Å²) >= 11 is 0. The molecule has 0 bridgehead atoms. The first-order chi connectivity index (χ1) is 8.66. The number of rotatable bonds is 3. The quantitative estimate of drug-likeness (QED) is 0.795. The van der Waals surface area contributed by atoms with E-state index in [1.54, 1.807) is 6.07 Å². The molecule has 96 valence electrons. The first-order valence-electron chi connectivity index (χ1n) is 6.94. The fourth-order valence-electron chi connectivity index (χ4n) is 3.61. The van der Waals surface area contributed by atoms with Crippen molar-refractivity contribution >= 4 is 5.78 Å². The Hall–Kier alpha value is -1.18. The van der Waals surface area contributed by atoms with Crippen LogP contribution in [-0.2, 0) is 11.2 Å². The predicted octanol–water partition coefficient (Wildman–Crippen LogP) is 3.68. The van der Waals surface area contributed by atoms with Crippen LogP contribution in [0.5, 0.6) is 0 Å². The molecule has 18 heavy (non-hydrogen) atoms. The van der Waals surface area contributed by atoms with Gasteiger partial charge in [-0.1, -0.05) is 18.9 Å². The molecule has 0 aromatic heterocycles. The van der Waals surface area contributed by atoms with Crippen LogP contribution in [0.25, 0.3) is 0 Å². The number of fused-ring (bicyclic) bond motifs is 1. The van der Waals surface area contributed by atoms with Gasteiger partial charge in [-0.2, -0.15) is 0 Å². The van der Waals surface area contributed by atoms with E-state index < -0.39 is 0 Å². The summed E-state index contributed by atoms with van der Waals surface area (Å²) < 4.78 is 13.2. The van der Waals surface area contributed by atoms with Gasteiger partial charge in [-0.3, -0.25) is 4.79 Å². The van der Waals surface area contributed by atoms with Crippen molar-refractivity contribution in [1.82, 2.24) is 0 Å². The molecule has 0 N–H and O–H groups in total. The highest BCUT2D eigenvalue weighted by Crippen LogP contribution is 2.56. The molecule has 2 heteroatoms. The summed E-state index contributed by atoms with van der Waals surface area (Å²) in [5, 5.41) is 0. The van der Waals surface area contributed by atoms with Gasteiger partial charge in [-0.05, 0) is 54.9 Å². The van der Waals surface area contributed by atoms with Crippen molar-refractivity contribution < 1.29 is 9.18 Å². The van der Waals surface area contributed by atoms with Gasteiger partial charge in [-0.15, -0.1) is 0 Å². The smallest absolute Gasteiger partial charge is 0.140 e. The Balaban J connectivity index is 1.69. The maximum Gasteiger partial charge on any atom is 0.140 e. The zero-order valence-corrected chi connectivity index (χ0v) is 10.8. The van der Waals surface area contributed by atoms with Gasteiger partial charge in [0.2, 0.25) is 0 Å². The maximum atomic E-state index is 13.2. The third-order valence-electron chi connectivity index (χ3n) is 4.70. The van der Waals surface area contributed by atoms with Crippen molar-refractivity contribution in [1.29, 1.82) is 0 Å². The number of ketones is 1. The van der Waals surface area contributed by atoms with E-state index in [9.17, 15) is 9.18 Å². The molecule has 0 spiro atoms. The largest absolute Gasteiger partial charge is 0.299 e. The van der Waals surface area contributed by atoms with Gasteiger partial charge in [0.25, 0.3) is 0 Å². The Morgan fingerprint density at radius 3 is 2.61 bits per heavy atom. The Kier molecular flexibility index (Phi) is 2.96. The zero-order chi connectivity index (χ0) is 12.7. The van der Waals surface area contributed by atoms with Gasteiger partial charge in [0.05, 0.1) is 0 Å². The third-order valence-corrected chi connectivity index (χ3v) is 4.70. The average molecular weight is 246 g/mol. The second-order valence-corrected chi connectivity index (χ2v) is 5.85. The lowest BCUT2D eigenvalue weighted by Crippen LogP contribution is -2.08. The fraction of sp³-hybridized carbons (Fsp3) is 0.562. The van der Waals surface area contributed by atoms with Crippen LogP contribution in [0, 0.1) is 30.5 Å². The van der Waals surface area contributed by atoms with Gasteiger partial charge in [-0.25, -0.2) is 4.39 Å². The standard InChI is InChI=1S/C16H19FO/c1-10-6-7-12(17)8-11(10)9-15(18)16-13-4-2-3-5-14(13)16/h6-8,13-14,16H,2-5,9H2,1H3. The number of Topliss-reactive ketones (excluding diaryl/α,β-unsaturated/α-hetero) is 1. The van der Waals surface area contributed by atoms with Crippen molar-refractivity contribution in [2.45, 2.75) is 39.0 Å². The minimum atomic E-state index is -0.239. The van der Waals surface area contributed by atoms with Crippen molar-refractivity contribution in [3.8, 4) is 0 Å². The van der Waals surface area contributed by atoms with Crippen LogP contribution in [-0.4, -0.2) is 5.78 Å². The Morgan fingerprint density at radius 1 is 1.28 bits per heavy atom. The normalized spacial score (nSPS) is 29.8. The fourth-order valence-corrected chi connectivity index (χ4v) is 3.61. The second-order valence-electron chi connectivity index (χ2n) is 5.85. The van der Waals surface area contributed by atoms with E-state index in [1.165, 1.54) is 37.8 Å². The molecule has 2 atom stereocenters. The molecule has 2 aliphatic rings. The Bertz CT molecular complexity index is 468. The van der Waals surface area contributed by atoms with E-state index in [4.69, 9.17) is 0 Å². The second kappa shape index (κ2) is 4.49. The van der Waals surface area contributed by atoms with E-state index in [1.807, 2.05) is 6.92 Å². The van der Waals surface area contributed by atoms with Gasteiger partial charge in [0, 0.05) is 12.3 Å². The lowest BCUT2D eigenvalue weighted by atomic mass is 10.00. The number of carbonyl (C=O) groups excluding carboxylic acids is 1. The highest BCUT2D eigenvalue weighted by Gasteiger charge is 2.53. The molecule has 0 saturated heterocycles. The molecule has 0 amide bonds. The SMILES string of the molecule is Cc1ccc(F)cc1CC(=O)C1C2CCCCC21. The van der Waals surface area contributed by atoms with Gasteiger partial charge in [0.1, 0.15) is 11.6 Å².